The maximum absolute atomic E-state index is 12.8. The second-order valence-corrected chi connectivity index (χ2v) is 6.41. The summed E-state index contributed by atoms with van der Waals surface area (Å²) in [4.78, 5) is 29.2. The molecule has 2 aromatic carbocycles. The van der Waals surface area contributed by atoms with Crippen LogP contribution in [0.25, 0.3) is 26.3 Å². The van der Waals surface area contributed by atoms with Gasteiger partial charge in [-0.2, -0.15) is 4.98 Å². The molecule has 2 aliphatic rings. The van der Waals surface area contributed by atoms with Gasteiger partial charge >= 0.3 is 5.69 Å². The SMILES string of the molecule is Cc1ccc2sc3nc(=O)n(-c4ccccc4)c(=O)c-3cc2c1. The molecule has 0 unspecified atom stereocenters. The average molecular weight is 320 g/mol. The molecule has 0 atom stereocenters. The highest BCUT2D eigenvalue weighted by molar-refractivity contribution is 7.21. The minimum Gasteiger partial charge on any atom is -0.268 e. The normalized spacial score (nSPS) is 11.2. The van der Waals surface area contributed by atoms with Crippen LogP contribution in [0.5, 0.6) is 0 Å². The molecule has 0 spiro atoms. The van der Waals surface area contributed by atoms with Crippen molar-refractivity contribution in [2.75, 3.05) is 0 Å². The lowest BCUT2D eigenvalue weighted by atomic mass is 10.1. The Bertz CT molecular complexity index is 1110. The van der Waals surface area contributed by atoms with Crippen molar-refractivity contribution in [3.8, 4) is 16.3 Å². The molecule has 112 valence electrons. The van der Waals surface area contributed by atoms with Gasteiger partial charge in [0.25, 0.3) is 5.56 Å². The van der Waals surface area contributed by atoms with Gasteiger partial charge in [-0.25, -0.2) is 9.36 Å². The van der Waals surface area contributed by atoms with Gasteiger partial charge < -0.3 is 0 Å². The van der Waals surface area contributed by atoms with Gasteiger partial charge in [0.05, 0.1) is 11.3 Å². The fourth-order valence-corrected chi connectivity index (χ4v) is 3.60. The Kier molecular flexibility index (Phi) is 3.09. The molecule has 23 heavy (non-hydrogen) atoms. The lowest BCUT2D eigenvalue weighted by Gasteiger charge is -2.09. The lowest BCUT2D eigenvalue weighted by Crippen LogP contribution is -2.35. The van der Waals surface area contributed by atoms with Crippen molar-refractivity contribution in [1.29, 1.82) is 0 Å². The molecule has 4 nitrogen and oxygen atoms in total. The molecule has 2 heterocycles. The Morgan fingerprint density at radius 1 is 1.00 bits per heavy atom. The van der Waals surface area contributed by atoms with Crippen molar-refractivity contribution in [3.63, 3.8) is 0 Å². The van der Waals surface area contributed by atoms with E-state index < -0.39 is 5.69 Å². The molecular weight excluding hydrogens is 308 g/mol. The van der Waals surface area contributed by atoms with Crippen LogP contribution in [0.3, 0.4) is 0 Å². The van der Waals surface area contributed by atoms with Crippen LogP contribution in [0.15, 0.2) is 64.2 Å². The van der Waals surface area contributed by atoms with Crippen LogP contribution in [0.2, 0.25) is 0 Å². The summed E-state index contributed by atoms with van der Waals surface area (Å²) < 4.78 is 2.13. The molecule has 0 saturated heterocycles. The van der Waals surface area contributed by atoms with Crippen LogP contribution in [0.1, 0.15) is 5.56 Å². The molecule has 0 fully saturated rings. The Labute approximate surface area is 135 Å². The molecule has 2 aromatic rings. The van der Waals surface area contributed by atoms with Gasteiger partial charge in [0.15, 0.2) is 0 Å². The molecule has 4 rings (SSSR count). The van der Waals surface area contributed by atoms with E-state index in [1.165, 1.54) is 11.3 Å². The van der Waals surface area contributed by atoms with E-state index in [1.807, 2.05) is 37.3 Å². The largest absolute Gasteiger partial charge is 0.356 e. The number of benzene rings is 2. The summed E-state index contributed by atoms with van der Waals surface area (Å²) in [5.41, 5.74) is 1.26. The van der Waals surface area contributed by atoms with Crippen LogP contribution < -0.4 is 11.2 Å². The Balaban J connectivity index is 2.12. The predicted molar refractivity (Wildman–Crippen MR) is 92.8 cm³/mol. The van der Waals surface area contributed by atoms with Crippen LogP contribution in [0, 0.1) is 6.92 Å². The van der Waals surface area contributed by atoms with Gasteiger partial charge in [-0.15, -0.1) is 11.3 Å². The summed E-state index contributed by atoms with van der Waals surface area (Å²) in [5.74, 6) is 0. The summed E-state index contributed by atoms with van der Waals surface area (Å²) in [6.45, 7) is 2.01. The van der Waals surface area contributed by atoms with Crippen molar-refractivity contribution in [2.45, 2.75) is 6.92 Å². The average Bonchev–Trinajstić information content (AvgIpc) is 2.55. The maximum atomic E-state index is 12.8. The minimum absolute atomic E-state index is 0.328. The van der Waals surface area contributed by atoms with E-state index in [2.05, 4.69) is 4.98 Å². The standard InChI is InChI=1S/C18H12N2O2S/c1-11-7-8-15-12(9-11)10-14-16(23-15)19-18(22)20(17(14)21)13-5-3-2-4-6-13/h2-10H,1H3. The minimum atomic E-state index is -0.545. The van der Waals surface area contributed by atoms with E-state index >= 15 is 0 Å². The highest BCUT2D eigenvalue weighted by Crippen LogP contribution is 2.29. The maximum Gasteiger partial charge on any atom is 0.356 e. The molecular formula is C18H12N2O2S. The van der Waals surface area contributed by atoms with Gasteiger partial charge in [-0.05, 0) is 36.6 Å². The highest BCUT2D eigenvalue weighted by Gasteiger charge is 2.17. The first-order chi connectivity index (χ1) is 11.1. The van der Waals surface area contributed by atoms with E-state index in [0.29, 0.717) is 16.3 Å². The zero-order chi connectivity index (χ0) is 16.0. The third-order valence-corrected chi connectivity index (χ3v) is 4.83. The van der Waals surface area contributed by atoms with Gasteiger partial charge in [0, 0.05) is 4.70 Å². The molecule has 2 aliphatic heterocycles. The molecule has 0 bridgehead atoms. The van der Waals surface area contributed by atoms with Crippen molar-refractivity contribution in [1.82, 2.24) is 9.55 Å². The summed E-state index contributed by atoms with van der Waals surface area (Å²) in [6, 6.07) is 16.7. The number of nitrogens with zero attached hydrogens (tertiary/aromatic N) is 2. The van der Waals surface area contributed by atoms with Crippen LogP contribution in [-0.4, -0.2) is 9.55 Å². The Morgan fingerprint density at radius 3 is 2.57 bits per heavy atom. The third-order valence-electron chi connectivity index (χ3n) is 3.74. The van der Waals surface area contributed by atoms with Crippen molar-refractivity contribution < 1.29 is 0 Å². The predicted octanol–water partition coefficient (Wildman–Crippen LogP) is 3.22. The van der Waals surface area contributed by atoms with Crippen molar-refractivity contribution in [2.24, 2.45) is 0 Å². The Morgan fingerprint density at radius 2 is 1.78 bits per heavy atom. The van der Waals surface area contributed by atoms with Gasteiger partial charge in [0.2, 0.25) is 0 Å². The fourth-order valence-electron chi connectivity index (χ4n) is 2.64. The van der Waals surface area contributed by atoms with Crippen molar-refractivity contribution in [3.05, 3.63) is 81.0 Å². The second-order valence-electron chi connectivity index (χ2n) is 5.38. The summed E-state index contributed by atoms with van der Waals surface area (Å²) >= 11 is 1.37. The van der Waals surface area contributed by atoms with E-state index in [1.54, 1.807) is 24.3 Å². The second kappa shape index (κ2) is 5.14. The lowest BCUT2D eigenvalue weighted by molar-refractivity contribution is 0.883. The first-order valence-corrected chi connectivity index (χ1v) is 7.98. The van der Waals surface area contributed by atoms with E-state index in [9.17, 15) is 9.59 Å². The summed E-state index contributed by atoms with van der Waals surface area (Å²) in [7, 11) is 0. The van der Waals surface area contributed by atoms with Gasteiger partial charge in [0.1, 0.15) is 5.01 Å². The molecule has 5 heteroatoms. The smallest absolute Gasteiger partial charge is 0.268 e. The molecule has 0 aromatic heterocycles. The third kappa shape index (κ3) is 2.26. The quantitative estimate of drug-likeness (QED) is 0.506. The highest BCUT2D eigenvalue weighted by atomic mass is 32.1. The van der Waals surface area contributed by atoms with E-state index in [4.69, 9.17) is 0 Å². The van der Waals surface area contributed by atoms with Gasteiger partial charge in [-0.1, -0.05) is 35.9 Å². The first-order valence-electron chi connectivity index (χ1n) is 7.16. The zero-order valence-corrected chi connectivity index (χ0v) is 13.1. The molecule has 0 radical (unpaired) electrons. The zero-order valence-electron chi connectivity index (χ0n) is 12.3. The van der Waals surface area contributed by atoms with E-state index in [-0.39, 0.29) is 5.56 Å². The number of hydrogen-bond donors (Lipinski definition) is 0. The molecule has 0 amide bonds. The van der Waals surface area contributed by atoms with Crippen molar-refractivity contribution >= 4 is 21.4 Å². The summed E-state index contributed by atoms with van der Waals surface area (Å²) in [6.07, 6.45) is 0. The number of rotatable bonds is 1. The van der Waals surface area contributed by atoms with Crippen LogP contribution >= 0.6 is 11.3 Å². The number of fused-ring (bicyclic) bond motifs is 2. The van der Waals surface area contributed by atoms with Crippen LogP contribution in [0.4, 0.5) is 0 Å². The monoisotopic (exact) mass is 320 g/mol. The van der Waals surface area contributed by atoms with E-state index in [0.717, 1.165) is 20.2 Å². The number of aromatic nitrogens is 2. The number of aryl methyl sites for hydroxylation is 1. The Hall–Kier alpha value is -2.79. The molecule has 0 aliphatic carbocycles. The molecule has 0 N–H and O–H groups in total. The fraction of sp³-hybridized carbons (Fsp3) is 0.0556. The van der Waals surface area contributed by atoms with Gasteiger partial charge in [-0.3, -0.25) is 4.79 Å². The van der Waals surface area contributed by atoms with Crippen LogP contribution in [-0.2, 0) is 0 Å². The number of para-hydroxylation sites is 1. The molecule has 0 saturated carbocycles. The first kappa shape index (κ1) is 13.8. The topological polar surface area (TPSA) is 52.0 Å². The summed E-state index contributed by atoms with van der Waals surface area (Å²) in [5, 5.41) is 1.46. The number of hydrogen-bond acceptors (Lipinski definition) is 4.